The molecule has 3 N–H and O–H groups in total. The summed E-state index contributed by atoms with van der Waals surface area (Å²) < 4.78 is 0. The molecule has 0 spiro atoms. The first-order valence-electron chi connectivity index (χ1n) is 7.34. The number of hydrogen-bond acceptors (Lipinski definition) is 3. The quantitative estimate of drug-likeness (QED) is 0.883. The minimum Gasteiger partial charge on any atom is -0.344 e. The molecular formula is C16H24ClN3O2. The van der Waals surface area contributed by atoms with Gasteiger partial charge in [0.1, 0.15) is 6.04 Å². The molecule has 3 atom stereocenters. The van der Waals surface area contributed by atoms with Crippen molar-refractivity contribution in [1.82, 2.24) is 5.32 Å². The molecule has 6 heteroatoms. The Kier molecular flexibility index (Phi) is 6.38. The zero-order chi connectivity index (χ0) is 15.6. The van der Waals surface area contributed by atoms with Gasteiger partial charge in [-0.25, -0.2) is 0 Å². The van der Waals surface area contributed by atoms with E-state index in [1.165, 1.54) is 0 Å². The fourth-order valence-corrected chi connectivity index (χ4v) is 2.34. The number of nitrogens with one attached hydrogen (secondary N) is 1. The van der Waals surface area contributed by atoms with Gasteiger partial charge in [0.15, 0.2) is 0 Å². The van der Waals surface area contributed by atoms with Gasteiger partial charge < -0.3 is 16.0 Å². The molecule has 1 aromatic carbocycles. The van der Waals surface area contributed by atoms with Crippen molar-refractivity contribution in [2.24, 2.45) is 11.7 Å². The van der Waals surface area contributed by atoms with Gasteiger partial charge in [0, 0.05) is 24.2 Å². The van der Waals surface area contributed by atoms with E-state index in [0.717, 1.165) is 11.3 Å². The summed E-state index contributed by atoms with van der Waals surface area (Å²) in [6.07, 6.45) is 0.629. The summed E-state index contributed by atoms with van der Waals surface area (Å²) in [7, 11) is 0. The first kappa shape index (κ1) is 18.5. The molecule has 3 unspecified atom stereocenters. The summed E-state index contributed by atoms with van der Waals surface area (Å²) >= 11 is 0. The molecule has 22 heavy (non-hydrogen) atoms. The normalized spacial score (nSPS) is 20.3. The summed E-state index contributed by atoms with van der Waals surface area (Å²) in [5.74, 6) is -0.510. The van der Waals surface area contributed by atoms with Crippen molar-refractivity contribution in [3.8, 4) is 0 Å². The lowest BCUT2D eigenvalue weighted by molar-refractivity contribution is -0.129. The Hall–Kier alpha value is -1.59. The maximum atomic E-state index is 12.4. The van der Waals surface area contributed by atoms with Crippen molar-refractivity contribution in [1.29, 1.82) is 0 Å². The minimum absolute atomic E-state index is 0. The van der Waals surface area contributed by atoms with E-state index in [2.05, 4.69) is 5.32 Å². The summed E-state index contributed by atoms with van der Waals surface area (Å²) in [4.78, 5) is 26.1. The average Bonchev–Trinajstić information content (AvgIpc) is 2.80. The second-order valence-electron chi connectivity index (χ2n) is 5.82. The van der Waals surface area contributed by atoms with Gasteiger partial charge in [0.25, 0.3) is 0 Å². The number of hydrogen-bond donors (Lipinski definition) is 2. The third-order valence-corrected chi connectivity index (χ3v) is 4.07. The number of nitrogens with zero attached hydrogens (tertiary/aromatic N) is 1. The van der Waals surface area contributed by atoms with Crippen LogP contribution in [0.3, 0.4) is 0 Å². The van der Waals surface area contributed by atoms with E-state index in [1.807, 2.05) is 31.2 Å². The summed E-state index contributed by atoms with van der Waals surface area (Å²) in [6.45, 7) is 6.20. The van der Waals surface area contributed by atoms with Crippen LogP contribution in [0.1, 0.15) is 25.8 Å². The highest BCUT2D eigenvalue weighted by molar-refractivity contribution is 6.01. The standard InChI is InChI=1S/C16H23N3O2.ClH/c1-10-4-6-13(7-5-10)19-9-8-14(16(19)21)18-15(20)11(2)12(3)17;/h4-7,11-12,14H,8-9,17H2,1-3H3,(H,18,20);1H. The number of carbonyl (C=O) groups is 2. The van der Waals surface area contributed by atoms with Crippen molar-refractivity contribution in [2.75, 3.05) is 11.4 Å². The fraction of sp³-hybridized carbons (Fsp3) is 0.500. The average molecular weight is 326 g/mol. The molecule has 5 nitrogen and oxygen atoms in total. The molecule has 0 aromatic heterocycles. The van der Waals surface area contributed by atoms with E-state index in [-0.39, 0.29) is 36.2 Å². The Labute approximate surface area is 137 Å². The van der Waals surface area contributed by atoms with Gasteiger partial charge in [0.05, 0.1) is 0 Å². The van der Waals surface area contributed by atoms with Crippen molar-refractivity contribution in [3.63, 3.8) is 0 Å². The highest BCUT2D eigenvalue weighted by Gasteiger charge is 2.34. The van der Waals surface area contributed by atoms with Gasteiger partial charge in [-0.15, -0.1) is 12.4 Å². The van der Waals surface area contributed by atoms with E-state index < -0.39 is 6.04 Å². The predicted molar refractivity (Wildman–Crippen MR) is 90.1 cm³/mol. The van der Waals surface area contributed by atoms with Crippen molar-refractivity contribution >= 4 is 29.9 Å². The molecule has 1 aromatic rings. The minimum atomic E-state index is -0.444. The van der Waals surface area contributed by atoms with Crippen LogP contribution in [0.2, 0.25) is 0 Å². The lowest BCUT2D eigenvalue weighted by Gasteiger charge is -2.20. The number of amides is 2. The number of aryl methyl sites for hydroxylation is 1. The van der Waals surface area contributed by atoms with E-state index in [0.29, 0.717) is 13.0 Å². The van der Waals surface area contributed by atoms with Gasteiger partial charge in [-0.2, -0.15) is 0 Å². The zero-order valence-corrected chi connectivity index (χ0v) is 14.0. The Morgan fingerprint density at radius 3 is 2.45 bits per heavy atom. The third kappa shape index (κ3) is 3.99. The highest BCUT2D eigenvalue weighted by atomic mass is 35.5. The number of nitrogens with two attached hydrogens (primary N) is 1. The lowest BCUT2D eigenvalue weighted by Crippen LogP contribution is -2.46. The second kappa shape index (κ2) is 7.61. The SMILES string of the molecule is Cc1ccc(N2CCC(NC(=O)C(C)C(C)N)C2=O)cc1.Cl. The Morgan fingerprint density at radius 1 is 1.32 bits per heavy atom. The monoisotopic (exact) mass is 325 g/mol. The zero-order valence-electron chi connectivity index (χ0n) is 13.2. The number of anilines is 1. The van der Waals surface area contributed by atoms with Crippen LogP contribution >= 0.6 is 12.4 Å². The maximum absolute atomic E-state index is 12.4. The molecule has 122 valence electrons. The molecule has 0 radical (unpaired) electrons. The molecule has 0 saturated carbocycles. The number of benzene rings is 1. The van der Waals surface area contributed by atoms with Crippen LogP contribution in [-0.2, 0) is 9.59 Å². The van der Waals surface area contributed by atoms with Gasteiger partial charge in [-0.1, -0.05) is 24.6 Å². The molecule has 1 saturated heterocycles. The van der Waals surface area contributed by atoms with Gasteiger partial charge in [0.2, 0.25) is 11.8 Å². The molecule has 0 bridgehead atoms. The van der Waals surface area contributed by atoms with Crippen LogP contribution < -0.4 is 16.0 Å². The molecule has 0 aliphatic carbocycles. The number of halogens is 1. The summed E-state index contributed by atoms with van der Waals surface area (Å²) in [5.41, 5.74) is 7.75. The lowest BCUT2D eigenvalue weighted by atomic mass is 10.0. The summed E-state index contributed by atoms with van der Waals surface area (Å²) in [6, 6.07) is 7.15. The van der Waals surface area contributed by atoms with Gasteiger partial charge in [-0.05, 0) is 32.4 Å². The molecule has 1 aliphatic rings. The predicted octanol–water partition coefficient (Wildman–Crippen LogP) is 1.62. The van der Waals surface area contributed by atoms with Crippen molar-refractivity contribution < 1.29 is 9.59 Å². The van der Waals surface area contributed by atoms with Crippen LogP contribution in [0.25, 0.3) is 0 Å². The first-order chi connectivity index (χ1) is 9.90. The molecule has 1 aliphatic heterocycles. The maximum Gasteiger partial charge on any atom is 0.249 e. The van der Waals surface area contributed by atoms with Gasteiger partial charge >= 0.3 is 0 Å². The Bertz CT molecular complexity index is 531. The van der Waals surface area contributed by atoms with Crippen molar-refractivity contribution in [3.05, 3.63) is 29.8 Å². The van der Waals surface area contributed by atoms with E-state index in [4.69, 9.17) is 5.73 Å². The fourth-order valence-electron chi connectivity index (χ4n) is 2.34. The number of carbonyl (C=O) groups excluding carboxylic acids is 2. The first-order valence-corrected chi connectivity index (χ1v) is 7.34. The molecule has 2 rings (SSSR count). The van der Waals surface area contributed by atoms with Crippen LogP contribution in [0, 0.1) is 12.8 Å². The Morgan fingerprint density at radius 2 is 1.91 bits per heavy atom. The Balaban J connectivity index is 0.00000242. The van der Waals surface area contributed by atoms with E-state index in [9.17, 15) is 9.59 Å². The second-order valence-corrected chi connectivity index (χ2v) is 5.82. The third-order valence-electron chi connectivity index (χ3n) is 4.07. The smallest absolute Gasteiger partial charge is 0.249 e. The largest absolute Gasteiger partial charge is 0.344 e. The molecule has 1 fully saturated rings. The van der Waals surface area contributed by atoms with Crippen LogP contribution in [0.4, 0.5) is 5.69 Å². The van der Waals surface area contributed by atoms with Gasteiger partial charge in [-0.3, -0.25) is 9.59 Å². The van der Waals surface area contributed by atoms with E-state index in [1.54, 1.807) is 18.7 Å². The molecule has 1 heterocycles. The van der Waals surface area contributed by atoms with Crippen LogP contribution in [0.5, 0.6) is 0 Å². The highest BCUT2D eigenvalue weighted by Crippen LogP contribution is 2.22. The number of rotatable bonds is 4. The van der Waals surface area contributed by atoms with Crippen LogP contribution in [-0.4, -0.2) is 30.4 Å². The van der Waals surface area contributed by atoms with E-state index >= 15 is 0 Å². The summed E-state index contributed by atoms with van der Waals surface area (Å²) in [5, 5.41) is 2.81. The van der Waals surface area contributed by atoms with Crippen LogP contribution in [0.15, 0.2) is 24.3 Å². The van der Waals surface area contributed by atoms with Crippen molar-refractivity contribution in [2.45, 2.75) is 39.3 Å². The topological polar surface area (TPSA) is 75.4 Å². The molecule has 2 amide bonds. The molecular weight excluding hydrogens is 302 g/mol.